The summed E-state index contributed by atoms with van der Waals surface area (Å²) in [5.74, 6) is -0.0303. The number of piperazine rings is 1. The van der Waals surface area contributed by atoms with Crippen molar-refractivity contribution in [3.8, 4) is 0 Å². The summed E-state index contributed by atoms with van der Waals surface area (Å²) < 4.78 is 0. The molecule has 1 aliphatic heterocycles. The zero-order valence-electron chi connectivity index (χ0n) is 12.0. The molecule has 0 unspecified atom stereocenters. The predicted molar refractivity (Wildman–Crippen MR) is 80.1 cm³/mol. The van der Waals surface area contributed by atoms with Crippen LogP contribution in [0.4, 0.5) is 0 Å². The van der Waals surface area contributed by atoms with Crippen LogP contribution in [-0.2, 0) is 11.2 Å². The number of nitrogens with zero attached hydrogens (tertiary/aromatic N) is 2. The van der Waals surface area contributed by atoms with Crippen LogP contribution in [0.1, 0.15) is 22.2 Å². The molecule has 0 aromatic carbocycles. The van der Waals surface area contributed by atoms with E-state index in [0.717, 1.165) is 43.0 Å². The molecule has 1 aromatic rings. The van der Waals surface area contributed by atoms with Crippen LogP contribution in [0.2, 0.25) is 0 Å². The second-order valence-electron chi connectivity index (χ2n) is 4.92. The third-order valence-electron chi connectivity index (χ3n) is 3.51. The highest BCUT2D eigenvalue weighted by atomic mass is 32.1. The van der Waals surface area contributed by atoms with Gasteiger partial charge in [0.2, 0.25) is 5.91 Å². The highest BCUT2D eigenvalue weighted by Crippen LogP contribution is 2.19. The molecule has 1 N–H and O–H groups in total. The number of nitrogens with one attached hydrogen (secondary N) is 1. The number of amides is 2. The SMILES string of the molecule is CCc1ccsc1C(=O)N(C)CC(=O)N1CCNCC1. The van der Waals surface area contributed by atoms with Gasteiger partial charge >= 0.3 is 0 Å². The number of thiophene rings is 1. The van der Waals surface area contributed by atoms with E-state index in [1.54, 1.807) is 7.05 Å². The van der Waals surface area contributed by atoms with Crippen molar-refractivity contribution >= 4 is 23.2 Å². The fourth-order valence-electron chi connectivity index (χ4n) is 2.26. The summed E-state index contributed by atoms with van der Waals surface area (Å²) >= 11 is 1.45. The van der Waals surface area contributed by atoms with Gasteiger partial charge in [-0.2, -0.15) is 0 Å². The highest BCUT2D eigenvalue weighted by molar-refractivity contribution is 7.12. The van der Waals surface area contributed by atoms with Crippen LogP contribution in [-0.4, -0.2) is 61.4 Å². The highest BCUT2D eigenvalue weighted by Gasteiger charge is 2.22. The monoisotopic (exact) mass is 295 g/mol. The number of carbonyl (C=O) groups excluding carboxylic acids is 2. The molecule has 1 fully saturated rings. The maximum Gasteiger partial charge on any atom is 0.264 e. The number of likely N-dealkylation sites (N-methyl/N-ethyl adjacent to an activating group) is 1. The minimum absolute atomic E-state index is 0.0250. The zero-order valence-corrected chi connectivity index (χ0v) is 12.8. The minimum atomic E-state index is -0.0552. The largest absolute Gasteiger partial charge is 0.339 e. The molecule has 0 saturated carbocycles. The van der Waals surface area contributed by atoms with Gasteiger partial charge in [0.15, 0.2) is 0 Å². The smallest absolute Gasteiger partial charge is 0.264 e. The standard InChI is InChI=1S/C14H21N3O2S/c1-3-11-4-9-20-13(11)14(19)16(2)10-12(18)17-7-5-15-6-8-17/h4,9,15H,3,5-8,10H2,1-2H3. The molecule has 5 nitrogen and oxygen atoms in total. The predicted octanol–water partition coefficient (Wildman–Crippen LogP) is 0.814. The van der Waals surface area contributed by atoms with Gasteiger partial charge in [-0.25, -0.2) is 0 Å². The molecule has 6 heteroatoms. The second-order valence-corrected chi connectivity index (χ2v) is 5.84. The molecular formula is C14H21N3O2S. The first kappa shape index (κ1) is 15.0. The summed E-state index contributed by atoms with van der Waals surface area (Å²) in [6, 6.07) is 1.98. The van der Waals surface area contributed by atoms with Crippen LogP contribution in [0.3, 0.4) is 0 Å². The van der Waals surface area contributed by atoms with Gasteiger partial charge in [-0.05, 0) is 23.4 Å². The molecule has 0 bridgehead atoms. The molecule has 1 aliphatic rings. The maximum absolute atomic E-state index is 12.4. The van der Waals surface area contributed by atoms with E-state index in [4.69, 9.17) is 0 Å². The van der Waals surface area contributed by atoms with Gasteiger partial charge in [-0.15, -0.1) is 11.3 Å². The summed E-state index contributed by atoms with van der Waals surface area (Å²) in [7, 11) is 1.70. The topological polar surface area (TPSA) is 52.7 Å². The van der Waals surface area contributed by atoms with E-state index >= 15 is 0 Å². The lowest BCUT2D eigenvalue weighted by Crippen LogP contribution is -2.49. The summed E-state index contributed by atoms with van der Waals surface area (Å²) in [4.78, 5) is 28.6. The first-order chi connectivity index (χ1) is 9.63. The number of hydrogen-bond acceptors (Lipinski definition) is 4. The van der Waals surface area contributed by atoms with Gasteiger partial charge < -0.3 is 15.1 Å². The van der Waals surface area contributed by atoms with E-state index in [-0.39, 0.29) is 18.4 Å². The number of rotatable bonds is 4. The fraction of sp³-hybridized carbons (Fsp3) is 0.571. The van der Waals surface area contributed by atoms with Gasteiger partial charge in [-0.3, -0.25) is 9.59 Å². The second kappa shape index (κ2) is 6.85. The van der Waals surface area contributed by atoms with Crippen molar-refractivity contribution < 1.29 is 9.59 Å². The zero-order chi connectivity index (χ0) is 14.5. The summed E-state index contributed by atoms with van der Waals surface area (Å²) in [6.45, 7) is 5.29. The molecule has 0 spiro atoms. The van der Waals surface area contributed by atoms with E-state index in [1.165, 1.54) is 16.2 Å². The summed E-state index contributed by atoms with van der Waals surface area (Å²) in [5, 5.41) is 5.14. The Labute approximate surface area is 123 Å². The minimum Gasteiger partial charge on any atom is -0.339 e. The molecule has 20 heavy (non-hydrogen) atoms. The van der Waals surface area contributed by atoms with Crippen molar-refractivity contribution in [2.45, 2.75) is 13.3 Å². The number of aryl methyl sites for hydroxylation is 1. The molecule has 2 heterocycles. The number of hydrogen-bond donors (Lipinski definition) is 1. The van der Waals surface area contributed by atoms with Crippen LogP contribution in [0.5, 0.6) is 0 Å². The summed E-state index contributed by atoms with van der Waals surface area (Å²) in [5.41, 5.74) is 1.06. The Morgan fingerprint density at radius 3 is 2.75 bits per heavy atom. The van der Waals surface area contributed by atoms with Crippen LogP contribution in [0.15, 0.2) is 11.4 Å². The van der Waals surface area contributed by atoms with Crippen LogP contribution >= 0.6 is 11.3 Å². The normalized spacial score (nSPS) is 15.2. The van der Waals surface area contributed by atoms with Crippen molar-refractivity contribution in [2.24, 2.45) is 0 Å². The van der Waals surface area contributed by atoms with Gasteiger partial charge in [0.25, 0.3) is 5.91 Å². The average Bonchev–Trinajstić information content (AvgIpc) is 2.95. The lowest BCUT2D eigenvalue weighted by Gasteiger charge is -2.29. The molecule has 2 rings (SSSR count). The Bertz CT molecular complexity index is 481. The van der Waals surface area contributed by atoms with Crippen molar-refractivity contribution in [2.75, 3.05) is 39.8 Å². The van der Waals surface area contributed by atoms with Gasteiger partial charge in [-0.1, -0.05) is 6.92 Å². The van der Waals surface area contributed by atoms with Gasteiger partial charge in [0.05, 0.1) is 11.4 Å². The van der Waals surface area contributed by atoms with E-state index in [2.05, 4.69) is 5.32 Å². The molecule has 0 atom stereocenters. The first-order valence-electron chi connectivity index (χ1n) is 6.93. The van der Waals surface area contributed by atoms with Crippen molar-refractivity contribution in [3.63, 3.8) is 0 Å². The van der Waals surface area contributed by atoms with Gasteiger partial charge in [0.1, 0.15) is 0 Å². The van der Waals surface area contributed by atoms with Gasteiger partial charge in [0, 0.05) is 33.2 Å². The summed E-state index contributed by atoms with van der Waals surface area (Å²) in [6.07, 6.45) is 0.837. The molecule has 2 amide bonds. The molecule has 1 aromatic heterocycles. The molecule has 1 saturated heterocycles. The Morgan fingerprint density at radius 2 is 2.10 bits per heavy atom. The third kappa shape index (κ3) is 3.37. The Hall–Kier alpha value is -1.40. The van der Waals surface area contributed by atoms with Crippen molar-refractivity contribution in [1.29, 1.82) is 0 Å². The molecular weight excluding hydrogens is 274 g/mol. The van der Waals surface area contributed by atoms with E-state index < -0.39 is 0 Å². The van der Waals surface area contributed by atoms with E-state index in [9.17, 15) is 9.59 Å². The molecule has 0 radical (unpaired) electrons. The fourth-order valence-corrected chi connectivity index (χ4v) is 3.25. The van der Waals surface area contributed by atoms with E-state index in [0.29, 0.717) is 0 Å². The lowest BCUT2D eigenvalue weighted by atomic mass is 10.2. The van der Waals surface area contributed by atoms with Crippen molar-refractivity contribution in [3.05, 3.63) is 21.9 Å². The quantitative estimate of drug-likeness (QED) is 0.894. The van der Waals surface area contributed by atoms with Crippen LogP contribution in [0, 0.1) is 0 Å². The maximum atomic E-state index is 12.4. The van der Waals surface area contributed by atoms with Crippen molar-refractivity contribution in [1.82, 2.24) is 15.1 Å². The third-order valence-corrected chi connectivity index (χ3v) is 4.46. The number of carbonyl (C=O) groups is 2. The van der Waals surface area contributed by atoms with Crippen LogP contribution < -0.4 is 5.32 Å². The van der Waals surface area contributed by atoms with E-state index in [1.807, 2.05) is 23.3 Å². The Balaban J connectivity index is 1.95. The van der Waals surface area contributed by atoms with Crippen LogP contribution in [0.25, 0.3) is 0 Å². The Morgan fingerprint density at radius 1 is 1.40 bits per heavy atom. The molecule has 0 aliphatic carbocycles. The average molecular weight is 295 g/mol. The molecule has 110 valence electrons. The Kier molecular flexibility index (Phi) is 5.14. The first-order valence-corrected chi connectivity index (χ1v) is 7.81. The lowest BCUT2D eigenvalue weighted by molar-refractivity contribution is -0.132.